The number of rotatable bonds is 8. The summed E-state index contributed by atoms with van der Waals surface area (Å²) in [6.07, 6.45) is 7.89. The van der Waals surface area contributed by atoms with E-state index in [0.717, 1.165) is 61.1 Å². The van der Waals surface area contributed by atoms with Gasteiger partial charge >= 0.3 is 12.6 Å². The van der Waals surface area contributed by atoms with Crippen molar-refractivity contribution in [3.63, 3.8) is 0 Å². The first-order chi connectivity index (χ1) is 20.3. The van der Waals surface area contributed by atoms with Gasteiger partial charge in [-0.1, -0.05) is 29.4 Å². The van der Waals surface area contributed by atoms with Crippen molar-refractivity contribution in [1.82, 2.24) is 10.1 Å². The Balaban J connectivity index is 1.04. The van der Waals surface area contributed by atoms with Crippen LogP contribution in [-0.4, -0.2) is 40.9 Å². The van der Waals surface area contributed by atoms with Crippen molar-refractivity contribution in [2.75, 3.05) is 18.0 Å². The molecule has 2 aromatic carbocycles. The van der Waals surface area contributed by atoms with Gasteiger partial charge in [0, 0.05) is 47.3 Å². The molecule has 1 aliphatic heterocycles. The summed E-state index contributed by atoms with van der Waals surface area (Å²) < 4.78 is 36.8. The Morgan fingerprint density at radius 1 is 1.14 bits per heavy atom. The van der Waals surface area contributed by atoms with Gasteiger partial charge in [-0.05, 0) is 87.0 Å². The SMILES string of the molecule is Cc1ccccc1-c1noc(C2CC2)c1CC1CC2(CCN(c3ccc4nc(C(=O)O)cc(OC(F)F)c4c3)CC2)C1. The second-order valence-corrected chi connectivity index (χ2v) is 12.3. The standard InChI is InChI=1S/C33H33F2N3O4/c1-19-4-2-3-5-23(19)29-25(30(42-37-29)21-6-7-21)14-20-17-33(18-20)10-12-38(13-11-33)22-8-9-26-24(15-22)28(41-32(34)35)16-27(36-26)31(39)40/h2-5,8-9,15-16,20-21,32H,6-7,10-14,17-18H2,1H3,(H,39,40). The number of pyridine rings is 1. The number of carboxylic acid groups (broad SMARTS) is 1. The lowest BCUT2D eigenvalue weighted by Crippen LogP contribution is -2.47. The first kappa shape index (κ1) is 26.9. The number of hydrogen-bond acceptors (Lipinski definition) is 6. The van der Waals surface area contributed by atoms with E-state index in [4.69, 9.17) is 4.52 Å². The second-order valence-electron chi connectivity index (χ2n) is 12.3. The van der Waals surface area contributed by atoms with Gasteiger partial charge in [0.05, 0.1) is 5.52 Å². The number of carbonyl (C=O) groups is 1. The molecule has 0 amide bonds. The second kappa shape index (κ2) is 10.4. The molecule has 1 spiro atoms. The number of fused-ring (bicyclic) bond motifs is 1. The van der Waals surface area contributed by atoms with E-state index in [1.54, 1.807) is 12.1 Å². The highest BCUT2D eigenvalue weighted by Gasteiger charge is 2.46. The van der Waals surface area contributed by atoms with Crippen molar-refractivity contribution in [3.8, 4) is 17.0 Å². The van der Waals surface area contributed by atoms with Crippen molar-refractivity contribution < 1.29 is 27.9 Å². The number of benzene rings is 2. The Hall–Kier alpha value is -4.01. The van der Waals surface area contributed by atoms with Crippen LogP contribution in [0.5, 0.6) is 5.75 Å². The average Bonchev–Trinajstić information content (AvgIpc) is 3.72. The number of piperidine rings is 1. The van der Waals surface area contributed by atoms with Gasteiger partial charge in [-0.3, -0.25) is 0 Å². The van der Waals surface area contributed by atoms with E-state index in [1.165, 1.54) is 36.8 Å². The third-order valence-electron chi connectivity index (χ3n) is 9.48. The van der Waals surface area contributed by atoms with Crippen LogP contribution in [0.3, 0.4) is 0 Å². The Morgan fingerprint density at radius 3 is 2.60 bits per heavy atom. The molecule has 1 saturated heterocycles. The molecule has 0 bridgehead atoms. The predicted molar refractivity (Wildman–Crippen MR) is 154 cm³/mol. The van der Waals surface area contributed by atoms with E-state index in [1.807, 2.05) is 6.07 Å². The molecule has 2 aromatic heterocycles. The van der Waals surface area contributed by atoms with Gasteiger partial charge in [-0.15, -0.1) is 0 Å². The minimum Gasteiger partial charge on any atom is -0.477 e. The fourth-order valence-electron chi connectivity index (χ4n) is 7.16. The van der Waals surface area contributed by atoms with Gasteiger partial charge < -0.3 is 19.3 Å². The van der Waals surface area contributed by atoms with E-state index in [2.05, 4.69) is 51.0 Å². The normalized spacial score (nSPS) is 18.5. The zero-order valence-corrected chi connectivity index (χ0v) is 23.5. The number of ether oxygens (including phenoxy) is 1. The zero-order valence-electron chi connectivity index (χ0n) is 23.5. The van der Waals surface area contributed by atoms with E-state index < -0.39 is 12.6 Å². The molecule has 0 atom stereocenters. The van der Waals surface area contributed by atoms with Crippen LogP contribution < -0.4 is 9.64 Å². The third-order valence-corrected chi connectivity index (χ3v) is 9.48. The monoisotopic (exact) mass is 573 g/mol. The van der Waals surface area contributed by atoms with Crippen LogP contribution in [0.4, 0.5) is 14.5 Å². The van der Waals surface area contributed by atoms with Crippen LogP contribution in [0.15, 0.2) is 53.1 Å². The first-order valence-corrected chi connectivity index (χ1v) is 14.7. The Bertz CT molecular complexity index is 1650. The van der Waals surface area contributed by atoms with Crippen LogP contribution in [0.25, 0.3) is 22.2 Å². The summed E-state index contributed by atoms with van der Waals surface area (Å²) in [7, 11) is 0. The predicted octanol–water partition coefficient (Wildman–Crippen LogP) is 7.61. The topological polar surface area (TPSA) is 88.7 Å². The molecule has 2 saturated carbocycles. The van der Waals surface area contributed by atoms with Crippen molar-refractivity contribution in [3.05, 3.63) is 71.1 Å². The molecule has 4 aromatic rings. The molecular formula is C33H33F2N3O4. The number of carboxylic acids is 1. The van der Waals surface area contributed by atoms with Crippen molar-refractivity contribution in [1.29, 1.82) is 0 Å². The molecule has 7 rings (SSSR count). The summed E-state index contributed by atoms with van der Waals surface area (Å²) >= 11 is 0. The largest absolute Gasteiger partial charge is 0.477 e. The molecule has 9 heteroatoms. The van der Waals surface area contributed by atoms with Gasteiger partial charge in [0.2, 0.25) is 0 Å². The summed E-state index contributed by atoms with van der Waals surface area (Å²) in [4.78, 5) is 17.8. The molecule has 1 N–H and O–H groups in total. The molecule has 0 radical (unpaired) electrons. The van der Waals surface area contributed by atoms with E-state index in [-0.39, 0.29) is 11.4 Å². The summed E-state index contributed by atoms with van der Waals surface area (Å²) in [6.45, 7) is 0.814. The van der Waals surface area contributed by atoms with Gasteiger partial charge in [0.15, 0.2) is 5.69 Å². The number of halogens is 2. The fraction of sp³-hybridized carbons (Fsp3) is 0.424. The third kappa shape index (κ3) is 4.99. The number of nitrogens with zero attached hydrogens (tertiary/aromatic N) is 3. The zero-order chi connectivity index (χ0) is 29.0. The van der Waals surface area contributed by atoms with E-state index in [9.17, 15) is 18.7 Å². The Kier molecular flexibility index (Phi) is 6.63. The summed E-state index contributed by atoms with van der Waals surface area (Å²) in [5.41, 5.74) is 5.92. The number of hydrogen-bond donors (Lipinski definition) is 1. The maximum atomic E-state index is 13.1. The molecule has 3 fully saturated rings. The molecule has 42 heavy (non-hydrogen) atoms. The van der Waals surface area contributed by atoms with Crippen LogP contribution >= 0.6 is 0 Å². The summed E-state index contributed by atoms with van der Waals surface area (Å²) in [5, 5.41) is 14.3. The van der Waals surface area contributed by atoms with Gasteiger partial charge in [0.1, 0.15) is 17.2 Å². The summed E-state index contributed by atoms with van der Waals surface area (Å²) in [5.74, 6) is 0.760. The molecule has 218 valence electrons. The Labute approximate surface area is 242 Å². The van der Waals surface area contributed by atoms with Gasteiger partial charge in [-0.25, -0.2) is 9.78 Å². The summed E-state index contributed by atoms with van der Waals surface area (Å²) in [6, 6.07) is 14.8. The highest BCUT2D eigenvalue weighted by Crippen LogP contribution is 2.55. The van der Waals surface area contributed by atoms with Gasteiger partial charge in [-0.2, -0.15) is 8.78 Å². The molecule has 7 nitrogen and oxygen atoms in total. The number of aromatic nitrogens is 2. The fourth-order valence-corrected chi connectivity index (χ4v) is 7.16. The molecular weight excluding hydrogens is 540 g/mol. The van der Waals surface area contributed by atoms with Crippen LogP contribution in [0, 0.1) is 18.3 Å². The smallest absolute Gasteiger partial charge is 0.387 e. The minimum atomic E-state index is -3.06. The molecule has 2 aliphatic carbocycles. The first-order valence-electron chi connectivity index (χ1n) is 14.7. The van der Waals surface area contributed by atoms with Crippen LogP contribution in [0.1, 0.15) is 71.8 Å². The maximum Gasteiger partial charge on any atom is 0.387 e. The number of aryl methyl sites for hydroxylation is 1. The number of aromatic carboxylic acids is 1. The van der Waals surface area contributed by atoms with Crippen LogP contribution in [-0.2, 0) is 6.42 Å². The highest BCUT2D eigenvalue weighted by atomic mass is 19.3. The number of anilines is 1. The maximum absolute atomic E-state index is 13.1. The lowest BCUT2D eigenvalue weighted by Gasteiger charge is -2.53. The lowest BCUT2D eigenvalue weighted by molar-refractivity contribution is -0.0489. The minimum absolute atomic E-state index is 0.172. The van der Waals surface area contributed by atoms with Crippen molar-refractivity contribution in [2.24, 2.45) is 11.3 Å². The molecule has 3 aliphatic rings. The lowest BCUT2D eigenvalue weighted by atomic mass is 9.56. The highest BCUT2D eigenvalue weighted by molar-refractivity contribution is 5.94. The van der Waals surface area contributed by atoms with Crippen molar-refractivity contribution >= 4 is 22.6 Å². The molecule has 3 heterocycles. The number of alkyl halides is 2. The van der Waals surface area contributed by atoms with E-state index >= 15 is 0 Å². The van der Waals surface area contributed by atoms with E-state index in [0.29, 0.717) is 28.2 Å². The Morgan fingerprint density at radius 2 is 1.90 bits per heavy atom. The van der Waals surface area contributed by atoms with Gasteiger partial charge in [0.25, 0.3) is 0 Å². The molecule has 0 unspecified atom stereocenters. The van der Waals surface area contributed by atoms with Crippen molar-refractivity contribution in [2.45, 2.75) is 64.4 Å². The average molecular weight is 574 g/mol. The van der Waals surface area contributed by atoms with Crippen LogP contribution in [0.2, 0.25) is 0 Å². The quantitative estimate of drug-likeness (QED) is 0.232.